The number of carbonyl (C=O) groups excluding carboxylic acids is 1. The van der Waals surface area contributed by atoms with Crippen molar-refractivity contribution < 1.29 is 4.79 Å². The fraction of sp³-hybridized carbons (Fsp3) is 0.455. The Hall–Kier alpha value is -2.40. The van der Waals surface area contributed by atoms with Crippen LogP contribution in [-0.4, -0.2) is 35.0 Å². The minimum Gasteiger partial charge on any atom is -0.327 e. The average Bonchev–Trinajstić information content (AvgIpc) is 3.11. The number of pyridine rings is 1. The molecule has 0 spiro atoms. The van der Waals surface area contributed by atoms with Crippen LogP contribution in [0.15, 0.2) is 30.5 Å². The van der Waals surface area contributed by atoms with E-state index in [1.807, 2.05) is 11.0 Å². The monoisotopic (exact) mass is 364 g/mol. The number of carbonyl (C=O) groups is 1. The molecule has 2 unspecified atom stereocenters. The molecule has 2 amide bonds. The van der Waals surface area contributed by atoms with Crippen molar-refractivity contribution in [2.45, 2.75) is 51.5 Å². The Balaban J connectivity index is 1.41. The summed E-state index contributed by atoms with van der Waals surface area (Å²) in [5.74, 6) is 0.413. The number of likely N-dealkylation sites (tertiary alicyclic amines) is 1. The normalized spacial score (nSPS) is 21.8. The van der Waals surface area contributed by atoms with Gasteiger partial charge in [0.15, 0.2) is 0 Å². The van der Waals surface area contributed by atoms with Crippen LogP contribution in [-0.2, 0) is 12.8 Å². The van der Waals surface area contributed by atoms with E-state index in [4.69, 9.17) is 5.73 Å². The van der Waals surface area contributed by atoms with Gasteiger partial charge in [0.05, 0.1) is 11.9 Å². The summed E-state index contributed by atoms with van der Waals surface area (Å²) in [6, 6.07) is 8.80. The minimum absolute atomic E-state index is 0.0378. The summed E-state index contributed by atoms with van der Waals surface area (Å²) in [4.78, 5) is 19.2. The second-order valence-electron chi connectivity index (χ2n) is 8.05. The van der Waals surface area contributed by atoms with Crippen LogP contribution in [0.25, 0.3) is 0 Å². The molecule has 27 heavy (non-hydrogen) atoms. The van der Waals surface area contributed by atoms with Crippen LogP contribution >= 0.6 is 0 Å². The van der Waals surface area contributed by atoms with Crippen molar-refractivity contribution in [1.29, 1.82) is 0 Å². The molecule has 1 aliphatic heterocycles. The third-order valence-electron chi connectivity index (χ3n) is 5.89. The number of aryl methyl sites for hydroxylation is 3. The quantitative estimate of drug-likeness (QED) is 0.856. The Labute approximate surface area is 161 Å². The number of urea groups is 1. The van der Waals surface area contributed by atoms with Crippen LogP contribution in [0.2, 0.25) is 0 Å². The highest BCUT2D eigenvalue weighted by Crippen LogP contribution is 2.30. The second-order valence-corrected chi connectivity index (χ2v) is 8.05. The summed E-state index contributed by atoms with van der Waals surface area (Å²) >= 11 is 0. The predicted octanol–water partition coefficient (Wildman–Crippen LogP) is 3.54. The Bertz CT molecular complexity index is 863. The third-order valence-corrected chi connectivity index (χ3v) is 5.89. The zero-order valence-corrected chi connectivity index (χ0v) is 16.2. The van der Waals surface area contributed by atoms with Gasteiger partial charge in [0, 0.05) is 30.7 Å². The number of amides is 2. The number of fused-ring (bicyclic) bond motifs is 1. The Morgan fingerprint density at radius 3 is 2.93 bits per heavy atom. The van der Waals surface area contributed by atoms with Gasteiger partial charge in [0.2, 0.25) is 0 Å². The molecule has 142 valence electrons. The molecular weight excluding hydrogens is 336 g/mol. The van der Waals surface area contributed by atoms with Gasteiger partial charge in [-0.2, -0.15) is 0 Å². The molecule has 5 nitrogen and oxygen atoms in total. The number of hydrogen-bond donors (Lipinski definition) is 2. The van der Waals surface area contributed by atoms with Gasteiger partial charge in [0.1, 0.15) is 0 Å². The number of aromatic nitrogens is 1. The summed E-state index contributed by atoms with van der Waals surface area (Å²) in [6.07, 6.45) is 5.53. The maximum atomic E-state index is 12.7. The van der Waals surface area contributed by atoms with Gasteiger partial charge in [-0.05, 0) is 62.3 Å². The highest BCUT2D eigenvalue weighted by molar-refractivity contribution is 5.89. The number of rotatable bonds is 2. The van der Waals surface area contributed by atoms with Gasteiger partial charge in [0.25, 0.3) is 0 Å². The van der Waals surface area contributed by atoms with Gasteiger partial charge in [-0.1, -0.05) is 23.8 Å². The van der Waals surface area contributed by atoms with Gasteiger partial charge < -0.3 is 16.0 Å². The summed E-state index contributed by atoms with van der Waals surface area (Å²) in [5.41, 5.74) is 13.1. The highest BCUT2D eigenvalue weighted by atomic mass is 16.2. The van der Waals surface area contributed by atoms with Gasteiger partial charge >= 0.3 is 6.03 Å². The smallest absolute Gasteiger partial charge is 0.321 e. The fourth-order valence-electron chi connectivity index (χ4n) is 4.40. The molecular formula is C22H28N4O. The van der Waals surface area contributed by atoms with E-state index in [0.29, 0.717) is 5.92 Å². The van der Waals surface area contributed by atoms with Crippen molar-refractivity contribution in [2.24, 2.45) is 5.73 Å². The maximum Gasteiger partial charge on any atom is 0.321 e. The van der Waals surface area contributed by atoms with Crippen molar-refractivity contribution >= 4 is 11.7 Å². The fourth-order valence-corrected chi connectivity index (χ4v) is 4.40. The van der Waals surface area contributed by atoms with E-state index >= 15 is 0 Å². The molecule has 1 aromatic carbocycles. The summed E-state index contributed by atoms with van der Waals surface area (Å²) < 4.78 is 0. The molecule has 1 aliphatic carbocycles. The lowest BCUT2D eigenvalue weighted by atomic mass is 9.92. The first-order valence-electron chi connectivity index (χ1n) is 9.86. The summed E-state index contributed by atoms with van der Waals surface area (Å²) in [6.45, 7) is 5.82. The Morgan fingerprint density at radius 2 is 2.11 bits per heavy atom. The molecule has 1 saturated heterocycles. The van der Waals surface area contributed by atoms with Gasteiger partial charge in [-0.25, -0.2) is 4.79 Å². The second kappa shape index (κ2) is 7.31. The molecule has 2 heterocycles. The van der Waals surface area contributed by atoms with Crippen LogP contribution in [0.3, 0.4) is 0 Å². The topological polar surface area (TPSA) is 71.2 Å². The molecule has 3 N–H and O–H groups in total. The SMILES string of the molecule is Cc1ccc(C2CCN(C(=O)Nc3cnc4c(c3)CC(N)CC4)C2)c(C)c1. The van der Waals surface area contributed by atoms with E-state index in [-0.39, 0.29) is 12.1 Å². The molecule has 1 aromatic heterocycles. The first kappa shape index (κ1) is 18.0. The van der Waals surface area contributed by atoms with Crippen LogP contribution in [0.5, 0.6) is 0 Å². The number of anilines is 1. The molecule has 2 aromatic rings. The predicted molar refractivity (Wildman–Crippen MR) is 108 cm³/mol. The number of nitrogens with zero attached hydrogens (tertiary/aromatic N) is 2. The average molecular weight is 364 g/mol. The standard InChI is InChI=1S/C22H28N4O/c1-14-3-5-20(15(2)9-14)16-7-8-26(13-16)22(27)25-19-11-17-10-18(23)4-6-21(17)24-12-19/h3,5,9,11-12,16,18H,4,6-8,10,13,23H2,1-2H3,(H,25,27). The van der Waals surface area contributed by atoms with Crippen molar-refractivity contribution in [3.05, 3.63) is 58.4 Å². The molecule has 0 saturated carbocycles. The van der Waals surface area contributed by atoms with Gasteiger partial charge in [-0.3, -0.25) is 4.98 Å². The lowest BCUT2D eigenvalue weighted by Gasteiger charge is -2.22. The van der Waals surface area contributed by atoms with E-state index in [1.165, 1.54) is 22.3 Å². The minimum atomic E-state index is -0.0378. The molecule has 4 rings (SSSR count). The van der Waals surface area contributed by atoms with Crippen LogP contribution in [0.1, 0.15) is 46.7 Å². The van der Waals surface area contributed by atoms with Crippen LogP contribution in [0.4, 0.5) is 10.5 Å². The van der Waals surface area contributed by atoms with Crippen molar-refractivity contribution in [3.8, 4) is 0 Å². The van der Waals surface area contributed by atoms with E-state index in [0.717, 1.165) is 50.2 Å². The van der Waals surface area contributed by atoms with Crippen molar-refractivity contribution in [2.75, 3.05) is 18.4 Å². The number of hydrogen-bond acceptors (Lipinski definition) is 3. The zero-order chi connectivity index (χ0) is 19.0. The lowest BCUT2D eigenvalue weighted by molar-refractivity contribution is 0.222. The Morgan fingerprint density at radius 1 is 1.26 bits per heavy atom. The van der Waals surface area contributed by atoms with Crippen LogP contribution in [0, 0.1) is 13.8 Å². The van der Waals surface area contributed by atoms with E-state index in [2.05, 4.69) is 42.3 Å². The van der Waals surface area contributed by atoms with Crippen molar-refractivity contribution in [3.63, 3.8) is 0 Å². The zero-order valence-electron chi connectivity index (χ0n) is 16.2. The lowest BCUT2D eigenvalue weighted by Crippen LogP contribution is -2.33. The largest absolute Gasteiger partial charge is 0.327 e. The van der Waals surface area contributed by atoms with Crippen molar-refractivity contribution in [1.82, 2.24) is 9.88 Å². The molecule has 5 heteroatoms. The molecule has 0 radical (unpaired) electrons. The van der Waals surface area contributed by atoms with E-state index < -0.39 is 0 Å². The molecule has 2 aliphatic rings. The van der Waals surface area contributed by atoms with Gasteiger partial charge in [-0.15, -0.1) is 0 Å². The maximum absolute atomic E-state index is 12.7. The summed E-state index contributed by atoms with van der Waals surface area (Å²) in [5, 5.41) is 3.03. The third kappa shape index (κ3) is 3.83. The number of nitrogens with two attached hydrogens (primary N) is 1. The molecule has 1 fully saturated rings. The first-order valence-corrected chi connectivity index (χ1v) is 9.86. The number of nitrogens with one attached hydrogen (secondary N) is 1. The molecule has 2 atom stereocenters. The first-order chi connectivity index (χ1) is 13.0. The van der Waals surface area contributed by atoms with E-state index in [1.54, 1.807) is 6.20 Å². The number of benzene rings is 1. The highest BCUT2D eigenvalue weighted by Gasteiger charge is 2.28. The van der Waals surface area contributed by atoms with Crippen LogP contribution < -0.4 is 11.1 Å². The Kier molecular flexibility index (Phi) is 4.87. The molecule has 0 bridgehead atoms. The summed E-state index contributed by atoms with van der Waals surface area (Å²) in [7, 11) is 0. The van der Waals surface area contributed by atoms with E-state index in [9.17, 15) is 4.79 Å².